The molecule has 1 aromatic rings. The van der Waals surface area contributed by atoms with Crippen molar-refractivity contribution in [2.24, 2.45) is 5.73 Å². The summed E-state index contributed by atoms with van der Waals surface area (Å²) in [5.74, 6) is 0.0208. The van der Waals surface area contributed by atoms with Gasteiger partial charge in [-0.3, -0.25) is 10.3 Å². The fourth-order valence-corrected chi connectivity index (χ4v) is 2.31. The predicted molar refractivity (Wildman–Crippen MR) is 86.1 cm³/mol. The number of methoxy groups -OCH3 is 2. The molecule has 0 aliphatic carbocycles. The van der Waals surface area contributed by atoms with Crippen LogP contribution in [0.3, 0.4) is 0 Å². The van der Waals surface area contributed by atoms with Crippen molar-refractivity contribution in [1.82, 2.24) is 4.90 Å². The van der Waals surface area contributed by atoms with Crippen molar-refractivity contribution >= 4 is 17.4 Å². The van der Waals surface area contributed by atoms with Gasteiger partial charge in [-0.2, -0.15) is 0 Å². The van der Waals surface area contributed by atoms with E-state index in [4.69, 9.17) is 32.2 Å². The third-order valence-electron chi connectivity index (χ3n) is 3.35. The molecule has 118 valence electrons. The van der Waals surface area contributed by atoms with Crippen LogP contribution in [-0.4, -0.2) is 50.8 Å². The average Bonchev–Trinajstić information content (AvgIpc) is 2.44. The smallest absolute Gasteiger partial charge is 0.122 e. The minimum atomic E-state index is 0.0208. The van der Waals surface area contributed by atoms with Crippen molar-refractivity contribution in [3.8, 4) is 0 Å². The number of rotatable bonds is 9. The van der Waals surface area contributed by atoms with E-state index in [-0.39, 0.29) is 11.9 Å². The lowest BCUT2D eigenvalue weighted by molar-refractivity contribution is 0.0705. The van der Waals surface area contributed by atoms with Crippen LogP contribution < -0.4 is 5.73 Å². The molecule has 21 heavy (non-hydrogen) atoms. The molecule has 5 nitrogen and oxygen atoms in total. The normalized spacial score (nSPS) is 12.6. The third kappa shape index (κ3) is 5.63. The Morgan fingerprint density at radius 2 is 2.10 bits per heavy atom. The molecule has 0 bridgehead atoms. The van der Waals surface area contributed by atoms with Gasteiger partial charge in [0.15, 0.2) is 0 Å². The summed E-state index contributed by atoms with van der Waals surface area (Å²) in [6, 6.07) is 5.72. The molecule has 0 saturated carbocycles. The van der Waals surface area contributed by atoms with Crippen LogP contribution in [0.15, 0.2) is 18.2 Å². The Hall–Kier alpha value is -1.14. The van der Waals surface area contributed by atoms with Gasteiger partial charge in [0, 0.05) is 43.9 Å². The van der Waals surface area contributed by atoms with E-state index < -0.39 is 0 Å². The number of amidine groups is 1. The van der Waals surface area contributed by atoms with Gasteiger partial charge in [0.2, 0.25) is 0 Å². The zero-order chi connectivity index (χ0) is 15.8. The number of nitrogen functional groups attached to an aromatic ring is 1. The first-order valence-corrected chi connectivity index (χ1v) is 7.22. The van der Waals surface area contributed by atoms with Crippen LogP contribution in [0.2, 0.25) is 5.02 Å². The number of nitrogens with two attached hydrogens (primary N) is 1. The zero-order valence-electron chi connectivity index (χ0n) is 12.9. The second-order valence-electron chi connectivity index (χ2n) is 4.99. The van der Waals surface area contributed by atoms with Gasteiger partial charge in [0.05, 0.1) is 13.2 Å². The highest BCUT2D eigenvalue weighted by Gasteiger charge is 2.15. The average molecular weight is 314 g/mol. The first kappa shape index (κ1) is 17.9. The van der Waals surface area contributed by atoms with Gasteiger partial charge in [0.25, 0.3) is 0 Å². The summed E-state index contributed by atoms with van der Waals surface area (Å²) in [5, 5.41) is 8.05. The monoisotopic (exact) mass is 313 g/mol. The molecule has 0 radical (unpaired) electrons. The topological polar surface area (TPSA) is 71.6 Å². The van der Waals surface area contributed by atoms with E-state index in [0.717, 1.165) is 12.1 Å². The van der Waals surface area contributed by atoms with E-state index in [1.54, 1.807) is 20.3 Å². The molecule has 0 heterocycles. The quantitative estimate of drug-likeness (QED) is 0.541. The number of ether oxygens (including phenoxy) is 2. The second-order valence-corrected chi connectivity index (χ2v) is 5.39. The summed E-state index contributed by atoms with van der Waals surface area (Å²) >= 11 is 6.29. The second kappa shape index (κ2) is 9.00. The lowest BCUT2D eigenvalue weighted by atomic mass is 10.1. The van der Waals surface area contributed by atoms with Gasteiger partial charge in [-0.15, -0.1) is 0 Å². The molecular formula is C15H24ClN3O2. The Morgan fingerprint density at radius 3 is 2.62 bits per heavy atom. The highest BCUT2D eigenvalue weighted by Crippen LogP contribution is 2.20. The Balaban J connectivity index is 2.84. The van der Waals surface area contributed by atoms with Crippen molar-refractivity contribution < 1.29 is 9.47 Å². The maximum Gasteiger partial charge on any atom is 0.122 e. The number of hydrogen-bond acceptors (Lipinski definition) is 4. The molecule has 0 fully saturated rings. The van der Waals surface area contributed by atoms with E-state index >= 15 is 0 Å². The SMILES string of the molecule is COCCN(Cc1ccc(C(=N)N)cc1Cl)C(C)COC. The lowest BCUT2D eigenvalue weighted by Crippen LogP contribution is -2.38. The van der Waals surface area contributed by atoms with Gasteiger partial charge in [0.1, 0.15) is 5.84 Å². The molecule has 1 aromatic carbocycles. The fourth-order valence-electron chi connectivity index (χ4n) is 2.07. The summed E-state index contributed by atoms with van der Waals surface area (Å²) in [4.78, 5) is 2.25. The Labute approximate surface area is 131 Å². The van der Waals surface area contributed by atoms with Crippen molar-refractivity contribution in [3.05, 3.63) is 34.3 Å². The van der Waals surface area contributed by atoms with Crippen LogP contribution in [0, 0.1) is 5.41 Å². The molecule has 0 saturated heterocycles. The van der Waals surface area contributed by atoms with Crippen LogP contribution in [-0.2, 0) is 16.0 Å². The van der Waals surface area contributed by atoms with Crippen LogP contribution in [0.25, 0.3) is 0 Å². The van der Waals surface area contributed by atoms with Crippen LogP contribution >= 0.6 is 11.6 Å². The summed E-state index contributed by atoms with van der Waals surface area (Å²) in [5.41, 5.74) is 7.11. The fraction of sp³-hybridized carbons (Fsp3) is 0.533. The molecule has 1 atom stereocenters. The Kier molecular flexibility index (Phi) is 7.67. The molecule has 0 amide bonds. The van der Waals surface area contributed by atoms with Crippen LogP contribution in [0.4, 0.5) is 0 Å². The minimum absolute atomic E-state index is 0.0208. The Morgan fingerprint density at radius 1 is 1.38 bits per heavy atom. The van der Waals surface area contributed by atoms with E-state index in [0.29, 0.717) is 30.3 Å². The van der Waals surface area contributed by atoms with Crippen LogP contribution in [0.1, 0.15) is 18.1 Å². The molecule has 0 aliphatic heterocycles. The molecular weight excluding hydrogens is 290 g/mol. The summed E-state index contributed by atoms with van der Waals surface area (Å²) in [7, 11) is 3.38. The highest BCUT2D eigenvalue weighted by atomic mass is 35.5. The lowest BCUT2D eigenvalue weighted by Gasteiger charge is -2.28. The molecule has 0 aliphatic rings. The number of hydrogen-bond donors (Lipinski definition) is 2. The van der Waals surface area contributed by atoms with Crippen molar-refractivity contribution in [2.45, 2.75) is 19.5 Å². The first-order chi connectivity index (χ1) is 9.99. The first-order valence-electron chi connectivity index (χ1n) is 6.84. The Bertz CT molecular complexity index is 468. The third-order valence-corrected chi connectivity index (χ3v) is 3.70. The summed E-state index contributed by atoms with van der Waals surface area (Å²) in [6.07, 6.45) is 0. The molecule has 6 heteroatoms. The highest BCUT2D eigenvalue weighted by molar-refractivity contribution is 6.31. The standard InChI is InChI=1S/C15H24ClN3O2/c1-11(10-21-3)19(6-7-20-2)9-13-5-4-12(15(17)18)8-14(13)16/h4-5,8,11H,6-7,9-10H2,1-3H3,(H3,17,18). The summed E-state index contributed by atoms with van der Waals surface area (Å²) < 4.78 is 10.4. The minimum Gasteiger partial charge on any atom is -0.384 e. The van der Waals surface area contributed by atoms with Gasteiger partial charge in [-0.25, -0.2) is 0 Å². The zero-order valence-corrected chi connectivity index (χ0v) is 13.6. The number of nitrogens with one attached hydrogen (secondary N) is 1. The predicted octanol–water partition coefficient (Wildman–Crippen LogP) is 2.11. The number of benzene rings is 1. The van der Waals surface area contributed by atoms with Crippen molar-refractivity contribution in [2.75, 3.05) is 34.0 Å². The summed E-state index contributed by atoms with van der Waals surface area (Å²) in [6.45, 7) is 4.90. The number of halogens is 1. The largest absolute Gasteiger partial charge is 0.384 e. The molecule has 0 spiro atoms. The van der Waals surface area contributed by atoms with Gasteiger partial charge >= 0.3 is 0 Å². The molecule has 0 aromatic heterocycles. The molecule has 3 N–H and O–H groups in total. The van der Waals surface area contributed by atoms with Gasteiger partial charge in [-0.1, -0.05) is 23.7 Å². The maximum absolute atomic E-state index is 7.43. The van der Waals surface area contributed by atoms with E-state index in [1.165, 1.54) is 0 Å². The van der Waals surface area contributed by atoms with E-state index in [1.807, 2.05) is 12.1 Å². The van der Waals surface area contributed by atoms with E-state index in [2.05, 4.69) is 11.8 Å². The van der Waals surface area contributed by atoms with Crippen molar-refractivity contribution in [1.29, 1.82) is 5.41 Å². The van der Waals surface area contributed by atoms with E-state index in [9.17, 15) is 0 Å². The number of nitrogens with zero attached hydrogens (tertiary/aromatic N) is 1. The van der Waals surface area contributed by atoms with Gasteiger partial charge < -0.3 is 15.2 Å². The van der Waals surface area contributed by atoms with Crippen LogP contribution in [0.5, 0.6) is 0 Å². The van der Waals surface area contributed by atoms with Gasteiger partial charge in [-0.05, 0) is 18.6 Å². The molecule has 1 unspecified atom stereocenters. The molecule has 1 rings (SSSR count). The maximum atomic E-state index is 7.43. The van der Waals surface area contributed by atoms with Crippen molar-refractivity contribution in [3.63, 3.8) is 0 Å².